The van der Waals surface area contributed by atoms with Crippen molar-refractivity contribution >= 4 is 34.8 Å². The van der Waals surface area contributed by atoms with Crippen molar-refractivity contribution in [1.29, 1.82) is 0 Å². The van der Waals surface area contributed by atoms with Gasteiger partial charge in [-0.1, -0.05) is 29.8 Å². The summed E-state index contributed by atoms with van der Waals surface area (Å²) in [5.41, 5.74) is 1.07. The van der Waals surface area contributed by atoms with Gasteiger partial charge in [-0.3, -0.25) is 9.59 Å². The number of carbonyl (C=O) groups excluding carboxylic acids is 2. The van der Waals surface area contributed by atoms with E-state index in [-0.39, 0.29) is 23.8 Å². The molecule has 0 bridgehead atoms. The molecule has 0 saturated carbocycles. The van der Waals surface area contributed by atoms with Crippen LogP contribution in [0.2, 0.25) is 5.02 Å². The SMILES string of the molecule is CC(c1ccc(Cl)cc1)N(C)C(=O)C1CCN(C(=O)c2cccs2)CC1. The van der Waals surface area contributed by atoms with E-state index >= 15 is 0 Å². The lowest BCUT2D eigenvalue weighted by molar-refractivity contribution is -0.137. The van der Waals surface area contributed by atoms with Crippen LogP contribution in [-0.2, 0) is 4.79 Å². The molecule has 26 heavy (non-hydrogen) atoms. The predicted octanol–water partition coefficient (Wildman–Crippen LogP) is 4.47. The van der Waals surface area contributed by atoms with E-state index in [0.29, 0.717) is 31.0 Å². The molecule has 0 spiro atoms. The minimum atomic E-state index is -0.0258. The van der Waals surface area contributed by atoms with E-state index in [0.717, 1.165) is 10.4 Å². The zero-order valence-corrected chi connectivity index (χ0v) is 16.6. The van der Waals surface area contributed by atoms with Crippen molar-refractivity contribution in [3.8, 4) is 0 Å². The lowest BCUT2D eigenvalue weighted by Crippen LogP contribution is -2.43. The van der Waals surface area contributed by atoms with Gasteiger partial charge < -0.3 is 9.80 Å². The molecule has 1 aliphatic rings. The molecule has 6 heteroatoms. The molecule has 0 aliphatic carbocycles. The van der Waals surface area contributed by atoms with Gasteiger partial charge in [0.05, 0.1) is 10.9 Å². The number of hydrogen-bond acceptors (Lipinski definition) is 3. The average Bonchev–Trinajstić information content (AvgIpc) is 3.21. The summed E-state index contributed by atoms with van der Waals surface area (Å²) < 4.78 is 0. The number of thiophene rings is 1. The van der Waals surface area contributed by atoms with Crippen LogP contribution in [0, 0.1) is 5.92 Å². The van der Waals surface area contributed by atoms with Gasteiger partial charge in [0.15, 0.2) is 0 Å². The zero-order chi connectivity index (χ0) is 18.7. The number of rotatable bonds is 4. The quantitative estimate of drug-likeness (QED) is 0.772. The molecular formula is C20H23ClN2O2S. The van der Waals surface area contributed by atoms with Gasteiger partial charge in [0.1, 0.15) is 0 Å². The number of halogens is 1. The molecule has 2 amide bonds. The molecule has 2 heterocycles. The van der Waals surface area contributed by atoms with Crippen molar-refractivity contribution in [2.45, 2.75) is 25.8 Å². The molecule has 1 fully saturated rings. The van der Waals surface area contributed by atoms with Crippen molar-refractivity contribution in [1.82, 2.24) is 9.80 Å². The molecule has 4 nitrogen and oxygen atoms in total. The molecule has 3 rings (SSSR count). The van der Waals surface area contributed by atoms with Crippen LogP contribution in [0.5, 0.6) is 0 Å². The Morgan fingerprint density at radius 1 is 1.19 bits per heavy atom. The first-order valence-corrected chi connectivity index (χ1v) is 10.1. The van der Waals surface area contributed by atoms with Crippen LogP contribution in [0.25, 0.3) is 0 Å². The molecule has 1 atom stereocenters. The first-order chi connectivity index (χ1) is 12.5. The molecule has 0 radical (unpaired) electrons. The summed E-state index contributed by atoms with van der Waals surface area (Å²) in [5, 5.41) is 2.61. The number of likely N-dealkylation sites (tertiary alicyclic amines) is 1. The summed E-state index contributed by atoms with van der Waals surface area (Å²) in [5.74, 6) is 0.201. The largest absolute Gasteiger partial charge is 0.339 e. The van der Waals surface area contributed by atoms with Gasteiger partial charge in [-0.05, 0) is 48.9 Å². The monoisotopic (exact) mass is 390 g/mol. The van der Waals surface area contributed by atoms with Crippen molar-refractivity contribution in [3.63, 3.8) is 0 Å². The maximum Gasteiger partial charge on any atom is 0.263 e. The Hall–Kier alpha value is -1.85. The molecule has 1 aromatic carbocycles. The highest BCUT2D eigenvalue weighted by molar-refractivity contribution is 7.12. The average molecular weight is 391 g/mol. The number of carbonyl (C=O) groups is 2. The van der Waals surface area contributed by atoms with E-state index in [1.54, 1.807) is 0 Å². The minimum absolute atomic E-state index is 0.00875. The molecule has 1 saturated heterocycles. The lowest BCUT2D eigenvalue weighted by atomic mass is 9.94. The molecular weight excluding hydrogens is 368 g/mol. The third-order valence-corrected chi connectivity index (χ3v) is 6.25. The Balaban J connectivity index is 1.57. The molecule has 1 unspecified atom stereocenters. The van der Waals surface area contributed by atoms with Crippen molar-refractivity contribution in [3.05, 3.63) is 57.2 Å². The van der Waals surface area contributed by atoms with Crippen LogP contribution in [0.1, 0.15) is 41.0 Å². The van der Waals surface area contributed by atoms with Gasteiger partial charge in [0.2, 0.25) is 5.91 Å². The number of amides is 2. The minimum Gasteiger partial charge on any atom is -0.339 e. The van der Waals surface area contributed by atoms with Gasteiger partial charge in [0, 0.05) is 31.1 Å². The smallest absolute Gasteiger partial charge is 0.263 e. The van der Waals surface area contributed by atoms with Gasteiger partial charge >= 0.3 is 0 Å². The Morgan fingerprint density at radius 2 is 1.85 bits per heavy atom. The fraction of sp³-hybridized carbons (Fsp3) is 0.400. The molecule has 0 N–H and O–H groups in total. The molecule has 1 aliphatic heterocycles. The molecule has 2 aromatic rings. The fourth-order valence-corrected chi connectivity index (χ4v) is 4.15. The first-order valence-electron chi connectivity index (χ1n) is 8.82. The molecule has 138 valence electrons. The first kappa shape index (κ1) is 18.9. The van der Waals surface area contributed by atoms with Crippen molar-refractivity contribution in [2.75, 3.05) is 20.1 Å². The van der Waals surface area contributed by atoms with Gasteiger partial charge in [-0.15, -0.1) is 11.3 Å². The summed E-state index contributed by atoms with van der Waals surface area (Å²) in [6, 6.07) is 11.3. The second-order valence-electron chi connectivity index (χ2n) is 6.72. The number of benzene rings is 1. The van der Waals surface area contributed by atoms with Gasteiger partial charge in [-0.25, -0.2) is 0 Å². The summed E-state index contributed by atoms with van der Waals surface area (Å²) in [7, 11) is 1.85. The Bertz CT molecular complexity index is 753. The standard InChI is InChI=1S/C20H23ClN2O2S/c1-14(15-5-7-17(21)8-6-15)22(2)19(24)16-9-11-23(12-10-16)20(25)18-4-3-13-26-18/h3-8,13-14,16H,9-12H2,1-2H3. The zero-order valence-electron chi connectivity index (χ0n) is 15.0. The van der Waals surface area contributed by atoms with Crippen LogP contribution in [0.3, 0.4) is 0 Å². The summed E-state index contributed by atoms with van der Waals surface area (Å²) >= 11 is 7.41. The van der Waals surface area contributed by atoms with Crippen LogP contribution < -0.4 is 0 Å². The number of nitrogens with zero attached hydrogens (tertiary/aromatic N) is 2. The van der Waals surface area contributed by atoms with E-state index in [1.165, 1.54) is 11.3 Å². The van der Waals surface area contributed by atoms with Gasteiger partial charge in [-0.2, -0.15) is 0 Å². The Kier molecular flexibility index (Phi) is 5.99. The third-order valence-electron chi connectivity index (χ3n) is 5.14. The van der Waals surface area contributed by atoms with Crippen LogP contribution in [0.15, 0.2) is 41.8 Å². The summed E-state index contributed by atoms with van der Waals surface area (Å²) in [4.78, 5) is 29.7. The maximum absolute atomic E-state index is 12.9. The van der Waals surface area contributed by atoms with Crippen LogP contribution >= 0.6 is 22.9 Å². The van der Waals surface area contributed by atoms with E-state index in [2.05, 4.69) is 0 Å². The van der Waals surface area contributed by atoms with E-state index in [9.17, 15) is 9.59 Å². The fourth-order valence-electron chi connectivity index (χ4n) is 3.33. The Morgan fingerprint density at radius 3 is 2.42 bits per heavy atom. The summed E-state index contributed by atoms with van der Waals surface area (Å²) in [6.07, 6.45) is 1.43. The van der Waals surface area contributed by atoms with Crippen molar-refractivity contribution in [2.24, 2.45) is 5.92 Å². The highest BCUT2D eigenvalue weighted by Gasteiger charge is 2.31. The predicted molar refractivity (Wildman–Crippen MR) is 106 cm³/mol. The topological polar surface area (TPSA) is 40.6 Å². The van der Waals surface area contributed by atoms with Crippen LogP contribution in [-0.4, -0.2) is 41.8 Å². The van der Waals surface area contributed by atoms with E-state index < -0.39 is 0 Å². The van der Waals surface area contributed by atoms with Gasteiger partial charge in [0.25, 0.3) is 5.91 Å². The Labute approximate surface area is 163 Å². The van der Waals surface area contributed by atoms with E-state index in [1.807, 2.05) is 65.5 Å². The lowest BCUT2D eigenvalue weighted by Gasteiger charge is -2.35. The van der Waals surface area contributed by atoms with Crippen molar-refractivity contribution < 1.29 is 9.59 Å². The third kappa shape index (κ3) is 4.10. The maximum atomic E-state index is 12.9. The highest BCUT2D eigenvalue weighted by Crippen LogP contribution is 2.27. The second-order valence-corrected chi connectivity index (χ2v) is 8.10. The highest BCUT2D eigenvalue weighted by atomic mass is 35.5. The normalized spacial score (nSPS) is 16.3. The number of hydrogen-bond donors (Lipinski definition) is 0. The number of piperidine rings is 1. The van der Waals surface area contributed by atoms with E-state index in [4.69, 9.17) is 11.6 Å². The van der Waals surface area contributed by atoms with Crippen LogP contribution in [0.4, 0.5) is 0 Å². The second kappa shape index (κ2) is 8.23. The molecule has 1 aromatic heterocycles. The summed E-state index contributed by atoms with van der Waals surface area (Å²) in [6.45, 7) is 3.29.